The summed E-state index contributed by atoms with van der Waals surface area (Å²) < 4.78 is 0. The molecule has 1 aromatic rings. The molecule has 0 aliphatic rings. The molecule has 16 heavy (non-hydrogen) atoms. The fraction of sp³-hybridized carbons (Fsp3) is 0.750. The highest BCUT2D eigenvalue weighted by Gasteiger charge is 2.06. The van der Waals surface area contributed by atoms with Crippen molar-refractivity contribution in [2.45, 2.75) is 46.2 Å². The van der Waals surface area contributed by atoms with Crippen LogP contribution in [0.3, 0.4) is 0 Å². The Kier molecular flexibility index (Phi) is 6.39. The van der Waals surface area contributed by atoms with Gasteiger partial charge >= 0.3 is 0 Å². The molecule has 0 aliphatic carbocycles. The first-order valence-electron chi connectivity index (χ1n) is 5.89. The molecule has 2 nitrogen and oxygen atoms in total. The Morgan fingerprint density at radius 1 is 1.44 bits per heavy atom. The molecule has 0 aromatic carbocycles. The van der Waals surface area contributed by atoms with Crippen LogP contribution >= 0.6 is 23.1 Å². The van der Waals surface area contributed by atoms with Gasteiger partial charge in [-0.2, -0.15) is 11.8 Å². The van der Waals surface area contributed by atoms with Crippen LogP contribution in [0.1, 0.15) is 43.5 Å². The first-order chi connectivity index (χ1) is 7.63. The molecular formula is C12H22N2S2. The fourth-order valence-corrected chi connectivity index (χ4v) is 2.88. The van der Waals surface area contributed by atoms with Gasteiger partial charge in [-0.15, -0.1) is 11.3 Å². The topological polar surface area (TPSA) is 24.9 Å². The third-order valence-corrected chi connectivity index (χ3v) is 4.70. The molecule has 0 aliphatic heterocycles. The van der Waals surface area contributed by atoms with E-state index in [1.54, 1.807) is 0 Å². The molecule has 1 rings (SSSR count). The first kappa shape index (κ1) is 14.0. The number of aromatic nitrogens is 1. The van der Waals surface area contributed by atoms with Crippen molar-refractivity contribution in [2.75, 3.05) is 11.5 Å². The van der Waals surface area contributed by atoms with Crippen LogP contribution in [0.15, 0.2) is 6.20 Å². The van der Waals surface area contributed by atoms with Crippen molar-refractivity contribution in [2.24, 2.45) is 0 Å². The van der Waals surface area contributed by atoms with Crippen LogP contribution in [0, 0.1) is 0 Å². The summed E-state index contributed by atoms with van der Waals surface area (Å²) in [7, 11) is 0. The van der Waals surface area contributed by atoms with Gasteiger partial charge in [-0.3, -0.25) is 0 Å². The molecule has 1 atom stereocenters. The number of thiazole rings is 1. The lowest BCUT2D eigenvalue weighted by Crippen LogP contribution is -2.27. The number of nitrogens with one attached hydrogen (secondary N) is 1. The summed E-state index contributed by atoms with van der Waals surface area (Å²) in [6, 6.07) is 0.578. The van der Waals surface area contributed by atoms with Crippen LogP contribution in [0.25, 0.3) is 0 Å². The Bertz CT molecular complexity index is 297. The minimum atomic E-state index is 0.548. The fourth-order valence-electron chi connectivity index (χ4n) is 1.30. The van der Waals surface area contributed by atoms with Gasteiger partial charge in [0.1, 0.15) is 0 Å². The molecule has 0 radical (unpaired) electrons. The Labute approximate surface area is 107 Å². The van der Waals surface area contributed by atoms with Crippen molar-refractivity contribution in [3.05, 3.63) is 16.1 Å². The molecule has 0 spiro atoms. The van der Waals surface area contributed by atoms with Crippen LogP contribution in [0.5, 0.6) is 0 Å². The smallest absolute Gasteiger partial charge is 0.0953 e. The third kappa shape index (κ3) is 4.85. The van der Waals surface area contributed by atoms with Crippen LogP contribution < -0.4 is 5.32 Å². The maximum absolute atomic E-state index is 4.43. The van der Waals surface area contributed by atoms with Gasteiger partial charge in [-0.25, -0.2) is 4.98 Å². The molecule has 1 aromatic heterocycles. The first-order valence-corrected chi connectivity index (χ1v) is 7.86. The summed E-state index contributed by atoms with van der Waals surface area (Å²) in [6.07, 6.45) is 2.01. The van der Waals surface area contributed by atoms with E-state index in [4.69, 9.17) is 0 Å². The van der Waals surface area contributed by atoms with Gasteiger partial charge in [0, 0.05) is 35.3 Å². The zero-order valence-corrected chi connectivity index (χ0v) is 12.3. The Morgan fingerprint density at radius 3 is 2.75 bits per heavy atom. The van der Waals surface area contributed by atoms with E-state index in [2.05, 4.69) is 38.0 Å². The molecule has 1 heterocycles. The average molecular weight is 258 g/mol. The second-order valence-electron chi connectivity index (χ2n) is 4.26. The van der Waals surface area contributed by atoms with Crippen LogP contribution in [-0.2, 0) is 6.54 Å². The lowest BCUT2D eigenvalue weighted by molar-refractivity contribution is 0.600. The highest BCUT2D eigenvalue weighted by Crippen LogP contribution is 2.20. The zero-order chi connectivity index (χ0) is 12.0. The van der Waals surface area contributed by atoms with Gasteiger partial charge in [0.25, 0.3) is 0 Å². The van der Waals surface area contributed by atoms with Crippen molar-refractivity contribution >= 4 is 23.1 Å². The maximum atomic E-state index is 4.43. The predicted octanol–water partition coefficient (Wildman–Crippen LogP) is 3.50. The second kappa shape index (κ2) is 7.30. The summed E-state index contributed by atoms with van der Waals surface area (Å²) in [5.74, 6) is 2.93. The molecule has 1 N–H and O–H groups in total. The van der Waals surface area contributed by atoms with Gasteiger partial charge in [-0.05, 0) is 12.7 Å². The average Bonchev–Trinajstić information content (AvgIpc) is 2.72. The molecule has 1 unspecified atom stereocenters. The van der Waals surface area contributed by atoms with Crippen molar-refractivity contribution in [3.8, 4) is 0 Å². The Morgan fingerprint density at radius 2 is 2.19 bits per heavy atom. The van der Waals surface area contributed by atoms with E-state index in [-0.39, 0.29) is 0 Å². The third-order valence-electron chi connectivity index (χ3n) is 2.26. The van der Waals surface area contributed by atoms with E-state index in [1.165, 1.54) is 21.4 Å². The molecule has 0 fully saturated rings. The standard InChI is InChI=1S/C12H22N2S2/c1-5-15-8-10(4)13-6-11-7-14-12(16-11)9(2)3/h7,9-10,13H,5-6,8H2,1-4H3. The summed E-state index contributed by atoms with van der Waals surface area (Å²) in [6.45, 7) is 9.78. The number of rotatable bonds is 7. The Hall–Kier alpha value is -0.0600. The number of nitrogens with zero attached hydrogens (tertiary/aromatic N) is 1. The number of hydrogen-bond acceptors (Lipinski definition) is 4. The van der Waals surface area contributed by atoms with Gasteiger partial charge in [0.15, 0.2) is 0 Å². The van der Waals surface area contributed by atoms with Gasteiger partial charge < -0.3 is 5.32 Å². The van der Waals surface area contributed by atoms with Crippen molar-refractivity contribution in [1.29, 1.82) is 0 Å². The van der Waals surface area contributed by atoms with Crippen LogP contribution in [0.4, 0.5) is 0 Å². The van der Waals surface area contributed by atoms with Crippen LogP contribution in [-0.4, -0.2) is 22.5 Å². The lowest BCUT2D eigenvalue weighted by Gasteiger charge is -2.11. The summed E-state index contributed by atoms with van der Waals surface area (Å²) >= 11 is 3.81. The monoisotopic (exact) mass is 258 g/mol. The van der Waals surface area contributed by atoms with E-state index in [0.717, 1.165) is 6.54 Å². The lowest BCUT2D eigenvalue weighted by atomic mass is 10.2. The van der Waals surface area contributed by atoms with Crippen LogP contribution in [0.2, 0.25) is 0 Å². The molecule has 0 bridgehead atoms. The van der Waals surface area contributed by atoms with Crippen molar-refractivity contribution in [3.63, 3.8) is 0 Å². The largest absolute Gasteiger partial charge is 0.309 e. The Balaban J connectivity index is 2.31. The highest BCUT2D eigenvalue weighted by atomic mass is 32.2. The van der Waals surface area contributed by atoms with Crippen molar-refractivity contribution in [1.82, 2.24) is 10.3 Å². The van der Waals surface area contributed by atoms with E-state index in [9.17, 15) is 0 Å². The zero-order valence-electron chi connectivity index (χ0n) is 10.6. The predicted molar refractivity (Wildman–Crippen MR) is 75.5 cm³/mol. The maximum Gasteiger partial charge on any atom is 0.0953 e. The highest BCUT2D eigenvalue weighted by molar-refractivity contribution is 7.99. The minimum absolute atomic E-state index is 0.548. The molecule has 92 valence electrons. The molecular weight excluding hydrogens is 236 g/mol. The van der Waals surface area contributed by atoms with Crippen molar-refractivity contribution < 1.29 is 0 Å². The van der Waals surface area contributed by atoms with E-state index >= 15 is 0 Å². The molecule has 4 heteroatoms. The van der Waals surface area contributed by atoms with E-state index in [1.807, 2.05) is 29.3 Å². The summed E-state index contributed by atoms with van der Waals surface area (Å²) in [5.41, 5.74) is 0. The minimum Gasteiger partial charge on any atom is -0.309 e. The summed E-state index contributed by atoms with van der Waals surface area (Å²) in [4.78, 5) is 5.77. The van der Waals surface area contributed by atoms with E-state index < -0.39 is 0 Å². The summed E-state index contributed by atoms with van der Waals surface area (Å²) in [5, 5.41) is 4.78. The molecule has 0 amide bonds. The van der Waals surface area contributed by atoms with Gasteiger partial charge in [-0.1, -0.05) is 20.8 Å². The number of thioether (sulfide) groups is 1. The normalized spacial score (nSPS) is 13.3. The van der Waals surface area contributed by atoms with Gasteiger partial charge in [0.05, 0.1) is 5.01 Å². The van der Waals surface area contributed by atoms with Gasteiger partial charge in [0.2, 0.25) is 0 Å². The molecule has 0 saturated heterocycles. The second-order valence-corrected chi connectivity index (χ2v) is 6.73. The SMILES string of the molecule is CCSCC(C)NCc1cnc(C(C)C)s1. The van der Waals surface area contributed by atoms with E-state index in [0.29, 0.717) is 12.0 Å². The molecule has 0 saturated carbocycles. The quantitative estimate of drug-likeness (QED) is 0.810. The number of hydrogen-bond donors (Lipinski definition) is 1.